The average molecular weight is 291 g/mol. The van der Waals surface area contributed by atoms with Crippen molar-refractivity contribution in [1.29, 1.82) is 0 Å². The summed E-state index contributed by atoms with van der Waals surface area (Å²) in [7, 11) is 1.47. The largest absolute Gasteiger partial charge is 0.494 e. The lowest BCUT2D eigenvalue weighted by Gasteiger charge is -2.35. The van der Waals surface area contributed by atoms with Gasteiger partial charge in [-0.15, -0.1) is 0 Å². The highest BCUT2D eigenvalue weighted by Gasteiger charge is 2.29. The third-order valence-electron chi connectivity index (χ3n) is 4.66. The summed E-state index contributed by atoms with van der Waals surface area (Å²) < 4.78 is 20.9. The summed E-state index contributed by atoms with van der Waals surface area (Å²) in [6.45, 7) is 4.61. The molecule has 0 bridgehead atoms. The number of aromatic nitrogens is 2. The summed E-state index contributed by atoms with van der Waals surface area (Å²) in [6, 6.07) is 3.43. The molecule has 0 aliphatic heterocycles. The molecule has 1 aliphatic carbocycles. The Labute approximate surface area is 124 Å². The number of hydrogen-bond donors (Lipinski definition) is 1. The molecule has 1 saturated carbocycles. The average Bonchev–Trinajstić information content (AvgIpc) is 2.73. The van der Waals surface area contributed by atoms with Crippen molar-refractivity contribution in [2.24, 2.45) is 5.41 Å². The highest BCUT2D eigenvalue weighted by molar-refractivity contribution is 5.80. The van der Waals surface area contributed by atoms with E-state index in [1.54, 1.807) is 6.07 Å². The Morgan fingerprint density at radius 2 is 2.00 bits per heavy atom. The van der Waals surface area contributed by atoms with Crippen LogP contribution in [-0.2, 0) is 0 Å². The zero-order valence-electron chi connectivity index (χ0n) is 12.8. The minimum atomic E-state index is -0.403. The second kappa shape index (κ2) is 4.90. The van der Waals surface area contributed by atoms with Crippen LogP contribution < -0.4 is 10.5 Å². The number of ether oxygens (including phenoxy) is 1. The van der Waals surface area contributed by atoms with E-state index in [2.05, 4.69) is 18.8 Å². The van der Waals surface area contributed by atoms with Gasteiger partial charge in [-0.1, -0.05) is 13.8 Å². The molecule has 5 heteroatoms. The second-order valence-corrected chi connectivity index (χ2v) is 6.71. The third-order valence-corrected chi connectivity index (χ3v) is 4.66. The zero-order chi connectivity index (χ0) is 15.2. The van der Waals surface area contributed by atoms with Gasteiger partial charge in [-0.2, -0.15) is 0 Å². The van der Waals surface area contributed by atoms with Crippen molar-refractivity contribution in [2.45, 2.75) is 45.6 Å². The summed E-state index contributed by atoms with van der Waals surface area (Å²) in [6.07, 6.45) is 4.47. The Hall–Kier alpha value is -1.78. The third kappa shape index (κ3) is 2.45. The van der Waals surface area contributed by atoms with E-state index in [9.17, 15) is 4.39 Å². The second-order valence-electron chi connectivity index (χ2n) is 6.71. The number of methoxy groups -OCH3 is 1. The molecule has 0 atom stereocenters. The fourth-order valence-corrected chi connectivity index (χ4v) is 3.30. The highest BCUT2D eigenvalue weighted by Crippen LogP contribution is 2.42. The SMILES string of the molecule is COc1cc2c(cc1F)nc(N)n2C1CCC(C)(C)CC1. The first-order valence-electron chi connectivity index (χ1n) is 7.42. The molecule has 0 saturated heterocycles. The summed E-state index contributed by atoms with van der Waals surface area (Å²) in [5.74, 6) is 0.293. The molecule has 4 nitrogen and oxygen atoms in total. The van der Waals surface area contributed by atoms with E-state index in [0.29, 0.717) is 22.9 Å². The van der Waals surface area contributed by atoms with Crippen molar-refractivity contribution in [1.82, 2.24) is 9.55 Å². The van der Waals surface area contributed by atoms with E-state index >= 15 is 0 Å². The molecule has 21 heavy (non-hydrogen) atoms. The van der Waals surface area contributed by atoms with E-state index < -0.39 is 5.82 Å². The maximum Gasteiger partial charge on any atom is 0.201 e. The van der Waals surface area contributed by atoms with Gasteiger partial charge in [0.25, 0.3) is 0 Å². The van der Waals surface area contributed by atoms with Crippen LogP contribution in [0.4, 0.5) is 10.3 Å². The molecule has 1 aromatic heterocycles. The van der Waals surface area contributed by atoms with Gasteiger partial charge < -0.3 is 15.0 Å². The van der Waals surface area contributed by atoms with Crippen LogP contribution in [0.15, 0.2) is 12.1 Å². The molecule has 0 amide bonds. The maximum absolute atomic E-state index is 13.8. The van der Waals surface area contributed by atoms with Gasteiger partial charge in [-0.25, -0.2) is 9.37 Å². The Balaban J connectivity index is 2.04. The number of nitrogens with zero attached hydrogens (tertiary/aromatic N) is 2. The summed E-state index contributed by atoms with van der Waals surface area (Å²) in [5.41, 5.74) is 7.93. The first kappa shape index (κ1) is 14.2. The summed E-state index contributed by atoms with van der Waals surface area (Å²) >= 11 is 0. The van der Waals surface area contributed by atoms with Crippen LogP contribution in [0.25, 0.3) is 11.0 Å². The lowest BCUT2D eigenvalue weighted by Crippen LogP contribution is -2.24. The fraction of sp³-hybridized carbons (Fsp3) is 0.562. The van der Waals surface area contributed by atoms with E-state index in [4.69, 9.17) is 10.5 Å². The normalized spacial score (nSPS) is 19.0. The van der Waals surface area contributed by atoms with E-state index in [1.165, 1.54) is 13.2 Å². The molecule has 0 unspecified atom stereocenters. The van der Waals surface area contributed by atoms with Gasteiger partial charge in [0.15, 0.2) is 11.6 Å². The van der Waals surface area contributed by atoms with Crippen LogP contribution in [-0.4, -0.2) is 16.7 Å². The Morgan fingerprint density at radius 3 is 2.62 bits per heavy atom. The molecule has 2 N–H and O–H groups in total. The zero-order valence-corrected chi connectivity index (χ0v) is 12.8. The van der Waals surface area contributed by atoms with Crippen molar-refractivity contribution in [3.05, 3.63) is 17.9 Å². The molecule has 3 rings (SSSR count). The van der Waals surface area contributed by atoms with Crippen molar-refractivity contribution < 1.29 is 9.13 Å². The Kier molecular flexibility index (Phi) is 3.30. The number of halogens is 1. The lowest BCUT2D eigenvalue weighted by molar-refractivity contribution is 0.197. The topological polar surface area (TPSA) is 53.1 Å². The van der Waals surface area contributed by atoms with Gasteiger partial charge in [0.05, 0.1) is 18.1 Å². The van der Waals surface area contributed by atoms with Crippen molar-refractivity contribution >= 4 is 17.0 Å². The molecule has 1 aliphatic rings. The van der Waals surface area contributed by atoms with E-state index in [-0.39, 0.29) is 5.75 Å². The molecule has 1 fully saturated rings. The van der Waals surface area contributed by atoms with Crippen LogP contribution in [0.5, 0.6) is 5.75 Å². The number of nitrogens with two attached hydrogens (primary N) is 1. The highest BCUT2D eigenvalue weighted by atomic mass is 19.1. The van der Waals surface area contributed by atoms with Gasteiger partial charge in [0.1, 0.15) is 0 Å². The summed E-state index contributed by atoms with van der Waals surface area (Å²) in [4.78, 5) is 4.31. The molecule has 2 aromatic rings. The van der Waals surface area contributed by atoms with Gasteiger partial charge >= 0.3 is 0 Å². The Morgan fingerprint density at radius 1 is 1.33 bits per heavy atom. The molecule has 1 heterocycles. The monoisotopic (exact) mass is 291 g/mol. The first-order valence-corrected chi connectivity index (χ1v) is 7.42. The first-order chi connectivity index (χ1) is 9.91. The van der Waals surface area contributed by atoms with Crippen LogP contribution in [0.2, 0.25) is 0 Å². The van der Waals surface area contributed by atoms with Crippen LogP contribution >= 0.6 is 0 Å². The van der Waals surface area contributed by atoms with Gasteiger partial charge in [-0.05, 0) is 31.1 Å². The number of imidazole rings is 1. The molecule has 0 spiro atoms. The van der Waals surface area contributed by atoms with Gasteiger partial charge in [0, 0.05) is 18.2 Å². The van der Waals surface area contributed by atoms with Gasteiger partial charge in [-0.3, -0.25) is 0 Å². The molecular weight excluding hydrogens is 269 g/mol. The van der Waals surface area contributed by atoms with E-state index in [0.717, 1.165) is 31.2 Å². The minimum absolute atomic E-state index is 0.236. The number of rotatable bonds is 2. The number of hydrogen-bond acceptors (Lipinski definition) is 3. The maximum atomic E-state index is 13.8. The quantitative estimate of drug-likeness (QED) is 0.912. The standard InChI is InChI=1S/C16H22FN3O/c1-16(2)6-4-10(5-7-16)20-13-9-14(21-3)11(17)8-12(13)19-15(20)18/h8-10H,4-7H2,1-3H3,(H2,18,19). The number of nitrogen functional groups attached to an aromatic ring is 1. The molecule has 0 radical (unpaired) electrons. The predicted octanol–water partition coefficient (Wildman–Crippen LogP) is 3.91. The molecule has 1 aromatic carbocycles. The summed E-state index contributed by atoms with van der Waals surface area (Å²) in [5, 5.41) is 0. The van der Waals surface area contributed by atoms with Crippen molar-refractivity contribution in [2.75, 3.05) is 12.8 Å². The molecular formula is C16H22FN3O. The Bertz CT molecular complexity index is 668. The predicted molar refractivity (Wildman–Crippen MR) is 81.9 cm³/mol. The molecule has 114 valence electrons. The van der Waals surface area contributed by atoms with Crippen LogP contribution in [0, 0.1) is 11.2 Å². The number of anilines is 1. The van der Waals surface area contributed by atoms with Crippen molar-refractivity contribution in [3.8, 4) is 5.75 Å². The van der Waals surface area contributed by atoms with E-state index in [1.807, 2.05) is 4.57 Å². The number of fused-ring (bicyclic) bond motifs is 1. The fourth-order valence-electron chi connectivity index (χ4n) is 3.30. The van der Waals surface area contributed by atoms with Gasteiger partial charge in [0.2, 0.25) is 5.95 Å². The number of benzene rings is 1. The van der Waals surface area contributed by atoms with Crippen LogP contribution in [0.1, 0.15) is 45.6 Å². The smallest absolute Gasteiger partial charge is 0.201 e. The minimum Gasteiger partial charge on any atom is -0.494 e. The lowest BCUT2D eigenvalue weighted by atomic mass is 9.75. The van der Waals surface area contributed by atoms with Crippen molar-refractivity contribution in [3.63, 3.8) is 0 Å². The van der Waals surface area contributed by atoms with Crippen LogP contribution in [0.3, 0.4) is 0 Å².